The maximum absolute atomic E-state index is 13.9. The van der Waals surface area contributed by atoms with E-state index in [0.717, 1.165) is 29.8 Å². The highest BCUT2D eigenvalue weighted by molar-refractivity contribution is 6.02. The predicted octanol–water partition coefficient (Wildman–Crippen LogP) is 3.80. The molecule has 0 saturated carbocycles. The number of carbonyl (C=O) groups excluding carboxylic acids is 1. The Kier molecular flexibility index (Phi) is 7.15. The first-order chi connectivity index (χ1) is 15.0. The normalized spacial score (nSPS) is 19.3. The molecular weight excluding hydrogens is 426 g/mol. The fourth-order valence-electron chi connectivity index (χ4n) is 3.21. The number of alkyl halides is 3. The summed E-state index contributed by atoms with van der Waals surface area (Å²) in [6.45, 7) is 5.41. The average molecular weight is 451 g/mol. The molecule has 10 heteroatoms. The van der Waals surface area contributed by atoms with Gasteiger partial charge in [0, 0.05) is 24.1 Å². The molecular formula is C22H25F4N5O. The zero-order valence-electron chi connectivity index (χ0n) is 17.8. The van der Waals surface area contributed by atoms with E-state index in [1.165, 1.54) is 6.07 Å². The van der Waals surface area contributed by atoms with Crippen molar-refractivity contribution in [1.29, 1.82) is 0 Å². The van der Waals surface area contributed by atoms with Crippen LogP contribution in [0.25, 0.3) is 0 Å². The van der Waals surface area contributed by atoms with Crippen LogP contribution in [0.15, 0.2) is 47.5 Å². The van der Waals surface area contributed by atoms with E-state index in [-0.39, 0.29) is 35.6 Å². The second-order valence-electron chi connectivity index (χ2n) is 7.92. The molecule has 1 saturated heterocycles. The Balaban J connectivity index is 1.70. The summed E-state index contributed by atoms with van der Waals surface area (Å²) in [7, 11) is 0. The van der Waals surface area contributed by atoms with E-state index in [1.807, 2.05) is 19.9 Å². The van der Waals surface area contributed by atoms with Crippen molar-refractivity contribution in [3.8, 4) is 0 Å². The lowest BCUT2D eigenvalue weighted by molar-refractivity contribution is -0.137. The quantitative estimate of drug-likeness (QED) is 0.323. The Morgan fingerprint density at radius 3 is 2.41 bits per heavy atom. The minimum absolute atomic E-state index is 0.0355. The van der Waals surface area contributed by atoms with Crippen LogP contribution in [-0.4, -0.2) is 24.1 Å². The number of guanidine groups is 1. The molecule has 0 aliphatic carbocycles. The van der Waals surface area contributed by atoms with E-state index in [0.29, 0.717) is 12.0 Å². The second-order valence-corrected chi connectivity index (χ2v) is 7.92. The van der Waals surface area contributed by atoms with Crippen LogP contribution in [0.5, 0.6) is 0 Å². The van der Waals surface area contributed by atoms with Gasteiger partial charge in [-0.05, 0) is 62.2 Å². The molecule has 1 aliphatic rings. The number of benzene rings is 2. The number of hydrogen-bond acceptors (Lipinski definition) is 3. The van der Waals surface area contributed by atoms with Crippen molar-refractivity contribution in [2.24, 2.45) is 4.99 Å². The summed E-state index contributed by atoms with van der Waals surface area (Å²) in [5, 5.41) is 6.10. The topological polar surface area (TPSA) is 77.5 Å². The number of nitrogens with one attached hydrogen (secondary N) is 4. The van der Waals surface area contributed by atoms with Crippen LogP contribution >= 0.6 is 0 Å². The molecule has 1 amide bonds. The molecule has 2 atom stereocenters. The third-order valence-electron chi connectivity index (χ3n) is 4.91. The number of carbonyl (C=O) groups is 1. The van der Waals surface area contributed by atoms with Crippen molar-refractivity contribution < 1.29 is 22.4 Å². The molecule has 32 heavy (non-hydrogen) atoms. The van der Waals surface area contributed by atoms with Gasteiger partial charge in [0.1, 0.15) is 5.82 Å². The van der Waals surface area contributed by atoms with Crippen molar-refractivity contribution in [3.05, 3.63) is 70.5 Å². The van der Waals surface area contributed by atoms with Gasteiger partial charge >= 0.3 is 6.18 Å². The highest BCUT2D eigenvalue weighted by Crippen LogP contribution is 2.29. The Hall–Kier alpha value is -2.98. The van der Waals surface area contributed by atoms with Gasteiger partial charge in [-0.3, -0.25) is 4.79 Å². The molecule has 0 radical (unpaired) electrons. The van der Waals surface area contributed by atoms with Crippen LogP contribution in [-0.2, 0) is 6.18 Å². The summed E-state index contributed by atoms with van der Waals surface area (Å²) < 4.78 is 52.1. The SMILES string of the molecule is Cc1ccc(C2CC(N/C(=N\C(=O)c3ccc(C(F)(F)F)cc3)NC(C)C)NN2)cc1F. The zero-order valence-corrected chi connectivity index (χ0v) is 17.8. The molecule has 0 spiro atoms. The average Bonchev–Trinajstić information content (AvgIpc) is 3.17. The lowest BCUT2D eigenvalue weighted by Gasteiger charge is -2.19. The van der Waals surface area contributed by atoms with Crippen LogP contribution in [0, 0.1) is 12.7 Å². The molecule has 1 aliphatic heterocycles. The second kappa shape index (κ2) is 9.66. The number of amides is 1. The Morgan fingerprint density at radius 2 is 1.81 bits per heavy atom. The number of aliphatic imine (C=N–C) groups is 1. The van der Waals surface area contributed by atoms with Gasteiger partial charge in [0.25, 0.3) is 5.91 Å². The number of aryl methyl sites for hydroxylation is 1. The molecule has 3 rings (SSSR count). The van der Waals surface area contributed by atoms with Crippen molar-refractivity contribution in [2.75, 3.05) is 0 Å². The van der Waals surface area contributed by atoms with Gasteiger partial charge in [-0.2, -0.15) is 18.2 Å². The lowest BCUT2D eigenvalue weighted by Crippen LogP contribution is -2.51. The van der Waals surface area contributed by atoms with E-state index < -0.39 is 17.6 Å². The fraction of sp³-hybridized carbons (Fsp3) is 0.364. The summed E-state index contributed by atoms with van der Waals surface area (Å²) in [6.07, 6.45) is -4.26. The monoisotopic (exact) mass is 451 g/mol. The molecule has 1 fully saturated rings. The number of halogens is 4. The summed E-state index contributed by atoms with van der Waals surface area (Å²) in [5.41, 5.74) is 6.66. The summed E-state index contributed by atoms with van der Waals surface area (Å²) in [5.74, 6) is -0.788. The molecule has 2 unspecified atom stereocenters. The van der Waals surface area contributed by atoms with Crippen molar-refractivity contribution in [3.63, 3.8) is 0 Å². The van der Waals surface area contributed by atoms with Gasteiger partial charge in [-0.25, -0.2) is 15.2 Å². The molecule has 2 aromatic rings. The Morgan fingerprint density at radius 1 is 1.12 bits per heavy atom. The van der Waals surface area contributed by atoms with E-state index in [4.69, 9.17) is 0 Å². The third kappa shape index (κ3) is 6.04. The molecule has 0 aromatic heterocycles. The first kappa shape index (κ1) is 23.7. The minimum atomic E-state index is -4.48. The molecule has 6 nitrogen and oxygen atoms in total. The van der Waals surface area contributed by atoms with Crippen LogP contribution in [0.1, 0.15) is 53.4 Å². The smallest absolute Gasteiger partial charge is 0.354 e. The van der Waals surface area contributed by atoms with Gasteiger partial charge in [-0.1, -0.05) is 12.1 Å². The maximum atomic E-state index is 13.9. The zero-order chi connectivity index (χ0) is 23.5. The number of nitrogens with zero attached hydrogens (tertiary/aromatic N) is 1. The summed E-state index contributed by atoms with van der Waals surface area (Å²) in [4.78, 5) is 16.5. The minimum Gasteiger partial charge on any atom is -0.354 e. The van der Waals surface area contributed by atoms with Crippen molar-refractivity contribution in [1.82, 2.24) is 21.5 Å². The molecule has 4 N–H and O–H groups in total. The van der Waals surface area contributed by atoms with Gasteiger partial charge in [0.05, 0.1) is 11.7 Å². The largest absolute Gasteiger partial charge is 0.416 e. The summed E-state index contributed by atoms with van der Waals surface area (Å²) >= 11 is 0. The third-order valence-corrected chi connectivity index (χ3v) is 4.91. The maximum Gasteiger partial charge on any atom is 0.416 e. The van der Waals surface area contributed by atoms with E-state index in [2.05, 4.69) is 26.5 Å². The van der Waals surface area contributed by atoms with Crippen LogP contribution in [0.3, 0.4) is 0 Å². The van der Waals surface area contributed by atoms with Gasteiger partial charge in [-0.15, -0.1) is 0 Å². The summed E-state index contributed by atoms with van der Waals surface area (Å²) in [6, 6.07) is 8.70. The van der Waals surface area contributed by atoms with E-state index >= 15 is 0 Å². The highest BCUT2D eigenvalue weighted by atomic mass is 19.4. The van der Waals surface area contributed by atoms with Crippen LogP contribution in [0.4, 0.5) is 17.6 Å². The molecule has 1 heterocycles. The molecule has 172 valence electrons. The van der Waals surface area contributed by atoms with Crippen LogP contribution in [0.2, 0.25) is 0 Å². The predicted molar refractivity (Wildman–Crippen MR) is 113 cm³/mol. The van der Waals surface area contributed by atoms with Gasteiger partial charge < -0.3 is 10.6 Å². The van der Waals surface area contributed by atoms with Gasteiger partial charge in [0.2, 0.25) is 5.96 Å². The van der Waals surface area contributed by atoms with Crippen molar-refractivity contribution >= 4 is 11.9 Å². The number of rotatable bonds is 4. The van der Waals surface area contributed by atoms with E-state index in [9.17, 15) is 22.4 Å². The lowest BCUT2D eigenvalue weighted by atomic mass is 10.0. The first-order valence-electron chi connectivity index (χ1n) is 10.1. The van der Waals surface area contributed by atoms with Gasteiger partial charge in [0.15, 0.2) is 0 Å². The number of hydrogen-bond donors (Lipinski definition) is 4. The molecule has 0 bridgehead atoms. The van der Waals surface area contributed by atoms with Crippen LogP contribution < -0.4 is 21.5 Å². The first-order valence-corrected chi connectivity index (χ1v) is 10.1. The van der Waals surface area contributed by atoms with Crippen molar-refractivity contribution in [2.45, 2.75) is 51.6 Å². The highest BCUT2D eigenvalue weighted by Gasteiger charge is 2.30. The van der Waals surface area contributed by atoms with E-state index in [1.54, 1.807) is 13.0 Å². The fourth-order valence-corrected chi connectivity index (χ4v) is 3.21. The Bertz CT molecular complexity index is 989. The Labute approximate surface area is 183 Å². The molecule has 2 aromatic carbocycles. The standard InChI is InChI=1S/C22H25F4N5O/c1-12(2)27-21(29-20(32)14-6-8-16(9-7-14)22(24,25)26)28-19-11-18(30-31-19)15-5-4-13(3)17(23)10-15/h4-10,12,18-19,30-31H,11H2,1-3H3,(H2,27,28,29,32). The number of hydrazine groups is 1.